The minimum Gasteiger partial charge on any atom is -0.481 e. The minimum atomic E-state index is -0.354. The van der Waals surface area contributed by atoms with Gasteiger partial charge in [0.05, 0.1) is 13.7 Å². The van der Waals surface area contributed by atoms with E-state index in [2.05, 4.69) is 14.9 Å². The van der Waals surface area contributed by atoms with E-state index >= 15 is 0 Å². The predicted molar refractivity (Wildman–Crippen MR) is 90.3 cm³/mol. The van der Waals surface area contributed by atoms with Gasteiger partial charge in [-0.25, -0.2) is 4.98 Å². The van der Waals surface area contributed by atoms with Crippen molar-refractivity contribution in [2.75, 3.05) is 44.8 Å². The number of amides is 1. The highest BCUT2D eigenvalue weighted by molar-refractivity contribution is 5.80. The Hall–Kier alpha value is -1.89. The molecule has 3 rings (SSSR count). The molecule has 0 bridgehead atoms. The maximum Gasteiger partial charge on any atom is 0.251 e. The molecule has 1 aromatic rings. The van der Waals surface area contributed by atoms with E-state index in [0.717, 1.165) is 5.69 Å². The zero-order valence-corrected chi connectivity index (χ0v) is 14.7. The zero-order valence-electron chi connectivity index (χ0n) is 14.7. The highest BCUT2D eigenvalue weighted by Gasteiger charge is 2.28. The van der Waals surface area contributed by atoms with Crippen LogP contribution < -0.4 is 9.64 Å². The molecule has 2 aliphatic rings. The molecule has 0 N–H and O–H groups in total. The number of carbonyl (C=O) groups excluding carboxylic acids is 1. The second-order valence-corrected chi connectivity index (χ2v) is 6.58. The van der Waals surface area contributed by atoms with Crippen LogP contribution in [-0.2, 0) is 9.53 Å². The summed E-state index contributed by atoms with van der Waals surface area (Å²) in [5.41, 5.74) is 0.873. The molecule has 1 amide bonds. The smallest absolute Gasteiger partial charge is 0.251 e. The van der Waals surface area contributed by atoms with Crippen LogP contribution in [0.4, 0.5) is 5.95 Å². The normalized spacial score (nSPS) is 19.3. The SMILES string of the molecule is COc1cc(C)nc(N2CCN(C(=O)[C@@H](C)OCC3CC3)CC2)n1. The fourth-order valence-electron chi connectivity index (χ4n) is 2.79. The van der Waals surface area contributed by atoms with E-state index in [1.54, 1.807) is 7.11 Å². The molecule has 1 aromatic heterocycles. The van der Waals surface area contributed by atoms with Crippen molar-refractivity contribution >= 4 is 11.9 Å². The zero-order chi connectivity index (χ0) is 17.1. The molecule has 24 heavy (non-hydrogen) atoms. The number of methoxy groups -OCH3 is 1. The van der Waals surface area contributed by atoms with Crippen molar-refractivity contribution in [2.45, 2.75) is 32.8 Å². The van der Waals surface area contributed by atoms with Crippen molar-refractivity contribution in [1.82, 2.24) is 14.9 Å². The summed E-state index contributed by atoms with van der Waals surface area (Å²) >= 11 is 0. The fraction of sp³-hybridized carbons (Fsp3) is 0.706. The number of hydrogen-bond donors (Lipinski definition) is 0. The fourth-order valence-corrected chi connectivity index (χ4v) is 2.79. The molecule has 0 aromatic carbocycles. The lowest BCUT2D eigenvalue weighted by Crippen LogP contribution is -2.52. The number of carbonyl (C=O) groups is 1. The van der Waals surface area contributed by atoms with Crippen LogP contribution in [0.3, 0.4) is 0 Å². The standard InChI is InChI=1S/C17H26N4O3/c1-12-10-15(23-3)19-17(18-12)21-8-6-20(7-9-21)16(22)13(2)24-11-14-4-5-14/h10,13-14H,4-9,11H2,1-3H3/t13-/m1/s1. The van der Waals surface area contributed by atoms with E-state index in [1.165, 1.54) is 12.8 Å². The highest BCUT2D eigenvalue weighted by atomic mass is 16.5. The third-order valence-electron chi connectivity index (χ3n) is 4.53. The molecule has 1 aliphatic heterocycles. The average Bonchev–Trinajstić information content (AvgIpc) is 3.43. The summed E-state index contributed by atoms with van der Waals surface area (Å²) in [4.78, 5) is 25.3. The summed E-state index contributed by atoms with van der Waals surface area (Å²) in [5.74, 6) is 1.98. The van der Waals surface area contributed by atoms with Crippen LogP contribution in [0.1, 0.15) is 25.5 Å². The molecular formula is C17H26N4O3. The van der Waals surface area contributed by atoms with E-state index < -0.39 is 0 Å². The molecule has 0 spiro atoms. The Morgan fingerprint density at radius 1 is 1.29 bits per heavy atom. The Bertz CT molecular complexity index is 583. The first-order valence-electron chi connectivity index (χ1n) is 8.62. The summed E-state index contributed by atoms with van der Waals surface area (Å²) in [6.07, 6.45) is 2.12. The number of hydrogen-bond acceptors (Lipinski definition) is 6. The molecule has 0 unspecified atom stereocenters. The van der Waals surface area contributed by atoms with Gasteiger partial charge in [-0.3, -0.25) is 4.79 Å². The largest absolute Gasteiger partial charge is 0.481 e. The van der Waals surface area contributed by atoms with Crippen LogP contribution >= 0.6 is 0 Å². The number of aryl methyl sites for hydroxylation is 1. The van der Waals surface area contributed by atoms with Crippen molar-refractivity contribution < 1.29 is 14.3 Å². The molecule has 132 valence electrons. The van der Waals surface area contributed by atoms with Gasteiger partial charge in [0.2, 0.25) is 11.8 Å². The highest BCUT2D eigenvalue weighted by Crippen LogP contribution is 2.29. The molecule has 7 nitrogen and oxygen atoms in total. The van der Waals surface area contributed by atoms with Gasteiger partial charge in [0, 0.05) is 37.9 Å². The third kappa shape index (κ3) is 4.14. The van der Waals surface area contributed by atoms with Gasteiger partial charge in [0.25, 0.3) is 5.91 Å². The first-order valence-corrected chi connectivity index (χ1v) is 8.62. The van der Waals surface area contributed by atoms with Crippen molar-refractivity contribution in [3.8, 4) is 5.88 Å². The van der Waals surface area contributed by atoms with Crippen LogP contribution in [0.25, 0.3) is 0 Å². The Labute approximate surface area is 143 Å². The molecular weight excluding hydrogens is 308 g/mol. The van der Waals surface area contributed by atoms with Crippen molar-refractivity contribution in [2.24, 2.45) is 5.92 Å². The summed E-state index contributed by atoms with van der Waals surface area (Å²) < 4.78 is 10.9. The Morgan fingerprint density at radius 3 is 2.62 bits per heavy atom. The number of anilines is 1. The Kier molecular flexibility index (Phi) is 5.18. The first kappa shape index (κ1) is 17.0. The quantitative estimate of drug-likeness (QED) is 0.780. The molecule has 1 aliphatic carbocycles. The molecule has 1 saturated heterocycles. The summed E-state index contributed by atoms with van der Waals surface area (Å²) in [5, 5.41) is 0. The lowest BCUT2D eigenvalue weighted by molar-refractivity contribution is -0.143. The van der Waals surface area contributed by atoms with Crippen molar-refractivity contribution in [3.63, 3.8) is 0 Å². The van der Waals surface area contributed by atoms with E-state index in [1.807, 2.05) is 24.8 Å². The van der Waals surface area contributed by atoms with E-state index in [9.17, 15) is 4.79 Å². The van der Waals surface area contributed by atoms with Gasteiger partial charge in [-0.1, -0.05) is 0 Å². The molecule has 0 radical (unpaired) electrons. The molecule has 7 heteroatoms. The van der Waals surface area contributed by atoms with Gasteiger partial charge >= 0.3 is 0 Å². The lowest BCUT2D eigenvalue weighted by Gasteiger charge is -2.36. The van der Waals surface area contributed by atoms with Gasteiger partial charge < -0.3 is 19.3 Å². The monoisotopic (exact) mass is 334 g/mol. The molecule has 2 heterocycles. The van der Waals surface area contributed by atoms with Crippen LogP contribution in [0.15, 0.2) is 6.07 Å². The predicted octanol–water partition coefficient (Wildman–Crippen LogP) is 1.26. The Morgan fingerprint density at radius 2 is 2.00 bits per heavy atom. The van der Waals surface area contributed by atoms with Crippen LogP contribution in [0, 0.1) is 12.8 Å². The third-order valence-corrected chi connectivity index (χ3v) is 4.53. The van der Waals surface area contributed by atoms with Gasteiger partial charge in [0.15, 0.2) is 0 Å². The summed E-state index contributed by atoms with van der Waals surface area (Å²) in [7, 11) is 1.60. The number of nitrogens with zero attached hydrogens (tertiary/aromatic N) is 4. The summed E-state index contributed by atoms with van der Waals surface area (Å²) in [6.45, 7) is 7.24. The minimum absolute atomic E-state index is 0.0815. The topological polar surface area (TPSA) is 67.8 Å². The van der Waals surface area contributed by atoms with Crippen LogP contribution in [0.5, 0.6) is 5.88 Å². The number of rotatable bonds is 6. The van der Waals surface area contributed by atoms with Crippen LogP contribution in [0.2, 0.25) is 0 Å². The average molecular weight is 334 g/mol. The van der Waals surface area contributed by atoms with E-state index in [0.29, 0.717) is 50.5 Å². The maximum absolute atomic E-state index is 12.5. The number of ether oxygens (including phenoxy) is 2. The van der Waals surface area contributed by atoms with Gasteiger partial charge in [0.1, 0.15) is 6.10 Å². The molecule has 2 fully saturated rings. The first-order chi connectivity index (χ1) is 11.6. The second kappa shape index (κ2) is 7.34. The second-order valence-electron chi connectivity index (χ2n) is 6.58. The molecule has 1 saturated carbocycles. The lowest BCUT2D eigenvalue weighted by atomic mass is 10.2. The molecule has 1 atom stereocenters. The number of aromatic nitrogens is 2. The van der Waals surface area contributed by atoms with Crippen molar-refractivity contribution in [1.29, 1.82) is 0 Å². The van der Waals surface area contributed by atoms with Crippen molar-refractivity contribution in [3.05, 3.63) is 11.8 Å². The Balaban J connectivity index is 1.53. The summed E-state index contributed by atoms with van der Waals surface area (Å²) in [6, 6.07) is 1.81. The number of piperazine rings is 1. The van der Waals surface area contributed by atoms with Crippen LogP contribution in [-0.4, -0.2) is 66.8 Å². The maximum atomic E-state index is 12.5. The van der Waals surface area contributed by atoms with E-state index in [4.69, 9.17) is 9.47 Å². The van der Waals surface area contributed by atoms with Gasteiger partial charge in [-0.15, -0.1) is 0 Å². The van der Waals surface area contributed by atoms with Gasteiger partial charge in [-0.2, -0.15) is 4.98 Å². The van der Waals surface area contributed by atoms with E-state index in [-0.39, 0.29) is 12.0 Å². The van der Waals surface area contributed by atoms with Gasteiger partial charge in [-0.05, 0) is 32.6 Å².